The maximum absolute atomic E-state index is 13.8. The van der Waals surface area contributed by atoms with Crippen LogP contribution in [0.25, 0.3) is 0 Å². The highest BCUT2D eigenvalue weighted by Crippen LogP contribution is 2.27. The zero-order valence-corrected chi connectivity index (χ0v) is 13.1. The van der Waals surface area contributed by atoms with Gasteiger partial charge in [-0.05, 0) is 51.2 Å². The number of nitrogens with two attached hydrogens (primary N) is 1. The molecule has 0 unspecified atom stereocenters. The third-order valence-corrected chi connectivity index (χ3v) is 3.99. The normalized spacial score (nSPS) is 16.3. The first kappa shape index (κ1) is 15.6. The van der Waals surface area contributed by atoms with Gasteiger partial charge in [-0.25, -0.2) is 9.37 Å². The first-order valence-corrected chi connectivity index (χ1v) is 7.74. The van der Waals surface area contributed by atoms with Crippen LogP contribution in [-0.2, 0) is 0 Å². The molecule has 2 aromatic rings. The fraction of sp³-hybridized carbons (Fsp3) is 0.353. The van der Waals surface area contributed by atoms with Crippen LogP contribution in [0.15, 0.2) is 36.5 Å². The molecule has 0 saturated carbocycles. The third kappa shape index (κ3) is 4.10. The fourth-order valence-electron chi connectivity index (χ4n) is 2.64. The van der Waals surface area contributed by atoms with Crippen molar-refractivity contribution < 1.29 is 9.13 Å². The summed E-state index contributed by atoms with van der Waals surface area (Å²) in [6.07, 6.45) is 3.81. The summed E-state index contributed by atoms with van der Waals surface area (Å²) < 4.78 is 19.4. The number of hydrogen-bond acceptors (Lipinski definition) is 5. The number of nitrogens with zero attached hydrogens (tertiary/aromatic N) is 2. The molecule has 3 N–H and O–H groups in total. The number of rotatable bonds is 4. The molecule has 2 heterocycles. The Morgan fingerprint density at radius 2 is 2.04 bits per heavy atom. The van der Waals surface area contributed by atoms with Crippen molar-refractivity contribution in [3.8, 4) is 11.5 Å². The van der Waals surface area contributed by atoms with Crippen molar-refractivity contribution in [2.45, 2.75) is 18.9 Å². The van der Waals surface area contributed by atoms with E-state index in [-0.39, 0.29) is 5.75 Å². The van der Waals surface area contributed by atoms with Gasteiger partial charge in [0.25, 0.3) is 0 Å². The molecule has 0 amide bonds. The summed E-state index contributed by atoms with van der Waals surface area (Å²) >= 11 is 0. The Morgan fingerprint density at radius 3 is 2.78 bits per heavy atom. The molecule has 0 radical (unpaired) electrons. The molecular weight excluding hydrogens is 295 g/mol. The van der Waals surface area contributed by atoms with Crippen molar-refractivity contribution in [3.63, 3.8) is 0 Å². The van der Waals surface area contributed by atoms with E-state index in [9.17, 15) is 4.39 Å². The van der Waals surface area contributed by atoms with Gasteiger partial charge in [-0.15, -0.1) is 0 Å². The van der Waals surface area contributed by atoms with Crippen LogP contribution in [0.3, 0.4) is 0 Å². The summed E-state index contributed by atoms with van der Waals surface area (Å²) in [6.45, 7) is 2.15. The highest BCUT2D eigenvalue weighted by Gasteiger charge is 2.17. The second-order valence-corrected chi connectivity index (χ2v) is 5.89. The molecule has 23 heavy (non-hydrogen) atoms. The smallest absolute Gasteiger partial charge is 0.167 e. The van der Waals surface area contributed by atoms with Crippen molar-refractivity contribution in [1.82, 2.24) is 9.88 Å². The zero-order valence-electron chi connectivity index (χ0n) is 13.1. The number of likely N-dealkylation sites (tertiary alicyclic amines) is 1. The number of pyridine rings is 1. The molecule has 3 rings (SSSR count). The zero-order chi connectivity index (χ0) is 16.2. The lowest BCUT2D eigenvalue weighted by atomic mass is 10.1. The highest BCUT2D eigenvalue weighted by atomic mass is 19.1. The molecule has 0 spiro atoms. The van der Waals surface area contributed by atoms with Crippen molar-refractivity contribution >= 4 is 11.5 Å². The fourth-order valence-corrected chi connectivity index (χ4v) is 2.64. The first-order valence-electron chi connectivity index (χ1n) is 7.74. The van der Waals surface area contributed by atoms with Crippen LogP contribution in [-0.4, -0.2) is 36.1 Å². The Labute approximate surface area is 135 Å². The lowest BCUT2D eigenvalue weighted by molar-refractivity contribution is 0.263. The number of halogens is 1. The van der Waals surface area contributed by atoms with E-state index in [1.54, 1.807) is 24.4 Å². The minimum atomic E-state index is -0.480. The Morgan fingerprint density at radius 1 is 1.26 bits per heavy atom. The summed E-state index contributed by atoms with van der Waals surface area (Å²) in [6, 6.07) is 8.27. The van der Waals surface area contributed by atoms with Gasteiger partial charge >= 0.3 is 0 Å². The SMILES string of the molecule is CN1CCC(Nc2cc(Oc3ccc(N)cc3F)ccn2)CC1. The molecule has 1 aliphatic heterocycles. The highest BCUT2D eigenvalue weighted by molar-refractivity contribution is 5.46. The maximum Gasteiger partial charge on any atom is 0.167 e. The van der Waals surface area contributed by atoms with Crippen molar-refractivity contribution in [2.75, 3.05) is 31.2 Å². The van der Waals surface area contributed by atoms with Gasteiger partial charge in [0.2, 0.25) is 0 Å². The van der Waals surface area contributed by atoms with Gasteiger partial charge in [-0.1, -0.05) is 0 Å². The topological polar surface area (TPSA) is 63.4 Å². The van der Waals surface area contributed by atoms with E-state index in [1.807, 2.05) is 0 Å². The minimum Gasteiger partial charge on any atom is -0.454 e. The number of anilines is 2. The molecule has 1 aliphatic rings. The van der Waals surface area contributed by atoms with Crippen molar-refractivity contribution in [2.24, 2.45) is 0 Å². The van der Waals surface area contributed by atoms with Crippen LogP contribution < -0.4 is 15.8 Å². The molecule has 6 heteroatoms. The van der Waals surface area contributed by atoms with Crippen molar-refractivity contribution in [3.05, 3.63) is 42.3 Å². The molecule has 1 fully saturated rings. The van der Waals surface area contributed by atoms with E-state index in [2.05, 4.69) is 22.2 Å². The number of nitrogen functional groups attached to an aromatic ring is 1. The molecule has 1 aromatic heterocycles. The molecule has 0 atom stereocenters. The largest absolute Gasteiger partial charge is 0.454 e. The Bertz CT molecular complexity index is 671. The van der Waals surface area contributed by atoms with E-state index in [0.717, 1.165) is 31.7 Å². The minimum absolute atomic E-state index is 0.149. The predicted octanol–water partition coefficient (Wildman–Crippen LogP) is 3.10. The molecule has 5 nitrogen and oxygen atoms in total. The molecule has 1 saturated heterocycles. The second-order valence-electron chi connectivity index (χ2n) is 5.89. The summed E-state index contributed by atoms with van der Waals surface area (Å²) in [5.74, 6) is 0.953. The standard InChI is InChI=1S/C17H21FN4O/c1-22-8-5-13(6-9-22)21-17-11-14(4-7-20-17)23-16-3-2-12(19)10-15(16)18/h2-4,7,10-11,13H,5-6,8-9,19H2,1H3,(H,20,21). The van der Waals surface area contributed by atoms with Crippen LogP contribution >= 0.6 is 0 Å². The first-order chi connectivity index (χ1) is 11.1. The quantitative estimate of drug-likeness (QED) is 0.849. The van der Waals surface area contributed by atoms with Gasteiger partial charge in [-0.2, -0.15) is 0 Å². The number of aromatic nitrogens is 1. The number of benzene rings is 1. The number of nitrogens with one attached hydrogen (secondary N) is 1. The van der Waals surface area contributed by atoms with Crippen LogP contribution in [0, 0.1) is 5.82 Å². The average molecular weight is 316 g/mol. The molecular formula is C17H21FN4O. The molecule has 0 aliphatic carbocycles. The van der Waals surface area contributed by atoms with E-state index >= 15 is 0 Å². The second kappa shape index (κ2) is 6.83. The van der Waals surface area contributed by atoms with E-state index in [0.29, 0.717) is 17.5 Å². The summed E-state index contributed by atoms with van der Waals surface area (Å²) in [7, 11) is 2.13. The molecule has 122 valence electrons. The van der Waals surface area contributed by atoms with Gasteiger partial charge in [0.05, 0.1) is 0 Å². The molecule has 1 aromatic carbocycles. The average Bonchev–Trinajstić information content (AvgIpc) is 2.53. The van der Waals surface area contributed by atoms with Crippen LogP contribution in [0.5, 0.6) is 11.5 Å². The predicted molar refractivity (Wildman–Crippen MR) is 89.3 cm³/mol. The number of piperidine rings is 1. The van der Waals surface area contributed by atoms with Gasteiger partial charge in [0.1, 0.15) is 11.6 Å². The summed E-state index contributed by atoms with van der Waals surface area (Å²) in [5.41, 5.74) is 5.91. The number of ether oxygens (including phenoxy) is 1. The van der Waals surface area contributed by atoms with Crippen LogP contribution in [0.1, 0.15) is 12.8 Å². The van der Waals surface area contributed by atoms with Crippen LogP contribution in [0.2, 0.25) is 0 Å². The van der Waals surface area contributed by atoms with Gasteiger partial charge in [0, 0.05) is 30.1 Å². The van der Waals surface area contributed by atoms with E-state index < -0.39 is 5.82 Å². The van der Waals surface area contributed by atoms with E-state index in [1.165, 1.54) is 12.1 Å². The lowest BCUT2D eigenvalue weighted by Gasteiger charge is -2.29. The maximum atomic E-state index is 13.8. The van der Waals surface area contributed by atoms with E-state index in [4.69, 9.17) is 10.5 Å². The van der Waals surface area contributed by atoms with Crippen LogP contribution in [0.4, 0.5) is 15.9 Å². The number of hydrogen-bond donors (Lipinski definition) is 2. The van der Waals surface area contributed by atoms with Gasteiger partial charge in [-0.3, -0.25) is 0 Å². The Balaban J connectivity index is 1.67. The monoisotopic (exact) mass is 316 g/mol. The van der Waals surface area contributed by atoms with Gasteiger partial charge < -0.3 is 20.7 Å². The lowest BCUT2D eigenvalue weighted by Crippen LogP contribution is -2.36. The van der Waals surface area contributed by atoms with Crippen molar-refractivity contribution in [1.29, 1.82) is 0 Å². The summed E-state index contributed by atoms with van der Waals surface area (Å²) in [5, 5.41) is 3.42. The Kier molecular flexibility index (Phi) is 4.62. The van der Waals surface area contributed by atoms with Gasteiger partial charge in [0.15, 0.2) is 11.6 Å². The third-order valence-electron chi connectivity index (χ3n) is 3.99. The summed E-state index contributed by atoms with van der Waals surface area (Å²) in [4.78, 5) is 6.63. The molecule has 0 bridgehead atoms. The Hall–Kier alpha value is -2.34.